The van der Waals surface area contributed by atoms with E-state index in [9.17, 15) is 9.90 Å². The average Bonchev–Trinajstić information content (AvgIpc) is 3.74. The Balaban J connectivity index is 1.46. The van der Waals surface area contributed by atoms with E-state index >= 15 is 0 Å². The van der Waals surface area contributed by atoms with Crippen molar-refractivity contribution in [3.8, 4) is 0 Å². The Hall–Kier alpha value is -4.14. The van der Waals surface area contributed by atoms with Gasteiger partial charge in [-0.25, -0.2) is 9.98 Å². The maximum Gasteiger partial charge on any atom is 0.306 e. The summed E-state index contributed by atoms with van der Waals surface area (Å²) in [4.78, 5) is 28.3. The number of allylic oxidation sites excluding steroid dienone is 11. The first kappa shape index (κ1) is 31.8. The van der Waals surface area contributed by atoms with Crippen molar-refractivity contribution in [2.24, 2.45) is 26.8 Å². The molecule has 8 heteroatoms. The van der Waals surface area contributed by atoms with Crippen LogP contribution >= 0.6 is 0 Å². The van der Waals surface area contributed by atoms with E-state index in [1.165, 1.54) is 5.57 Å². The van der Waals surface area contributed by atoms with Gasteiger partial charge in [-0.15, -0.1) is 5.76 Å². The van der Waals surface area contributed by atoms with E-state index in [2.05, 4.69) is 72.9 Å². The summed E-state index contributed by atoms with van der Waals surface area (Å²) >= 11 is 0. The third-order valence-electron chi connectivity index (χ3n) is 10.1. The van der Waals surface area contributed by atoms with E-state index < -0.39 is 0 Å². The third-order valence-corrected chi connectivity index (χ3v) is 10.1. The van der Waals surface area contributed by atoms with Crippen molar-refractivity contribution in [2.45, 2.75) is 60.3 Å². The minimum atomic E-state index is -0.200. The maximum absolute atomic E-state index is 13.6. The summed E-state index contributed by atoms with van der Waals surface area (Å²) in [5.74, 6) is -0.125. The SMILES string of the molecule is C=CC1=C(C)C2=CC3=NC(=C4CC([O-])=C5C4=NC(=C5C)C=C4N=C(C=C1[NH2+]2)C(C)=C4CC)[C@@H](CCC(=O)OCC[N+](C)(C)C)[C@@H]3C. The lowest BCUT2D eigenvalue weighted by Gasteiger charge is -2.23. The van der Waals surface area contributed by atoms with Crippen LogP contribution in [0.3, 0.4) is 0 Å². The molecule has 6 rings (SSSR count). The Kier molecular flexibility index (Phi) is 8.23. The monoisotopic (exact) mass is 620 g/mol. The van der Waals surface area contributed by atoms with Crippen LogP contribution < -0.4 is 10.4 Å². The van der Waals surface area contributed by atoms with Crippen molar-refractivity contribution in [3.05, 3.63) is 104 Å². The molecule has 240 valence electrons. The van der Waals surface area contributed by atoms with Gasteiger partial charge in [-0.3, -0.25) is 15.1 Å². The van der Waals surface area contributed by atoms with Crippen molar-refractivity contribution in [2.75, 3.05) is 34.3 Å². The molecule has 5 aliphatic heterocycles. The van der Waals surface area contributed by atoms with Crippen LogP contribution in [0.25, 0.3) is 0 Å². The smallest absolute Gasteiger partial charge is 0.306 e. The van der Waals surface area contributed by atoms with E-state index in [-0.39, 0.29) is 36.4 Å². The molecule has 2 atom stereocenters. The number of esters is 1. The number of aliphatic imine (C=N–C) groups is 3. The lowest BCUT2D eigenvalue weighted by Crippen LogP contribution is -2.78. The van der Waals surface area contributed by atoms with E-state index in [4.69, 9.17) is 19.7 Å². The Labute approximate surface area is 272 Å². The third kappa shape index (κ3) is 5.58. The van der Waals surface area contributed by atoms with Crippen LogP contribution in [0.4, 0.5) is 0 Å². The number of likely N-dealkylation sites (N-methyl/N-ethyl adjacent to an activating group) is 1. The van der Waals surface area contributed by atoms with Crippen LogP contribution in [-0.4, -0.2) is 61.9 Å². The molecule has 0 aromatic carbocycles. The lowest BCUT2D eigenvalue weighted by molar-refractivity contribution is -0.870. The van der Waals surface area contributed by atoms with E-state index in [1.54, 1.807) is 0 Å². The highest BCUT2D eigenvalue weighted by molar-refractivity contribution is 6.21. The molecule has 8 nitrogen and oxygen atoms in total. The number of nitrogens with zero attached hydrogens (tertiary/aromatic N) is 4. The van der Waals surface area contributed by atoms with Crippen LogP contribution in [0, 0.1) is 11.8 Å². The van der Waals surface area contributed by atoms with Crippen molar-refractivity contribution in [3.63, 3.8) is 0 Å². The molecule has 2 N–H and O–H groups in total. The van der Waals surface area contributed by atoms with Crippen LogP contribution in [-0.2, 0) is 9.53 Å². The molecule has 0 unspecified atom stereocenters. The van der Waals surface area contributed by atoms with Gasteiger partial charge in [-0.05, 0) is 68.4 Å². The first-order chi connectivity index (χ1) is 21.8. The van der Waals surface area contributed by atoms with Gasteiger partial charge in [0.15, 0.2) is 0 Å². The van der Waals surface area contributed by atoms with Crippen LogP contribution in [0.15, 0.2) is 119 Å². The second-order valence-electron chi connectivity index (χ2n) is 14.1. The van der Waals surface area contributed by atoms with Gasteiger partial charge in [0.25, 0.3) is 0 Å². The first-order valence-electron chi connectivity index (χ1n) is 16.4. The predicted octanol–water partition coefficient (Wildman–Crippen LogP) is 4.65. The summed E-state index contributed by atoms with van der Waals surface area (Å²) in [6.07, 6.45) is 10.3. The van der Waals surface area contributed by atoms with Gasteiger partial charge >= 0.3 is 5.97 Å². The molecule has 5 heterocycles. The number of fused-ring (bicyclic) bond motifs is 5. The number of ether oxygens (including phenoxy) is 1. The minimum Gasteiger partial charge on any atom is -0.875 e. The summed E-state index contributed by atoms with van der Waals surface area (Å²) in [5.41, 5.74) is 14.4. The standard InChI is InChI=1S/C38H45N5O3/c1-10-24-20(3)28-17-30-22(5)26(12-13-35(45)46-15-14-43(7,8)9)37(41-30)27-16-34(44)36-23(6)31(42-38(27)36)19-33-25(11-2)21(4)29(40-33)18-32(24)39-28/h10,17-19,22,26H,1,11-16H2,2-9H3,(H-,39,40,41,42,44)/p+1/t22-,26-/m0/s1. The van der Waals surface area contributed by atoms with Crippen LogP contribution in [0.2, 0.25) is 0 Å². The number of carbonyl (C=O) groups is 1. The molecular weight excluding hydrogens is 574 g/mol. The molecule has 0 radical (unpaired) electrons. The van der Waals surface area contributed by atoms with Gasteiger partial charge in [-0.2, -0.15) is 0 Å². The fourth-order valence-electron chi connectivity index (χ4n) is 7.23. The molecule has 6 aliphatic rings. The first-order valence-corrected chi connectivity index (χ1v) is 16.4. The summed E-state index contributed by atoms with van der Waals surface area (Å²) in [6.45, 7) is 15.8. The quantitative estimate of drug-likeness (QED) is 0.316. The van der Waals surface area contributed by atoms with Gasteiger partial charge in [-0.1, -0.05) is 26.5 Å². The largest absolute Gasteiger partial charge is 0.875 e. The fraction of sp³-hybridized carbons (Fsp3) is 0.421. The van der Waals surface area contributed by atoms with Crippen molar-refractivity contribution >= 4 is 23.1 Å². The molecule has 8 bridgehead atoms. The number of hydrogen-bond acceptors (Lipinski definition) is 6. The minimum absolute atomic E-state index is 0.0422. The van der Waals surface area contributed by atoms with E-state index in [1.807, 2.05) is 19.1 Å². The molecular formula is C38H46N5O3+. The van der Waals surface area contributed by atoms with Gasteiger partial charge in [0.1, 0.15) is 24.5 Å². The second kappa shape index (κ2) is 11.9. The molecule has 0 saturated heterocycles. The van der Waals surface area contributed by atoms with Gasteiger partial charge < -0.3 is 14.3 Å². The van der Waals surface area contributed by atoms with Crippen LogP contribution in [0.1, 0.15) is 60.3 Å². The topological polar surface area (TPSA) is 103 Å². The molecule has 0 fully saturated rings. The number of quaternary nitrogens is 2. The van der Waals surface area contributed by atoms with Crippen LogP contribution in [0.5, 0.6) is 0 Å². The molecule has 0 aromatic rings. The number of hydrogen-bond donors (Lipinski definition) is 1. The number of nitrogens with two attached hydrogens (primary N) is 1. The highest BCUT2D eigenvalue weighted by Crippen LogP contribution is 2.46. The summed E-state index contributed by atoms with van der Waals surface area (Å²) in [5, 5.41) is 15.8. The van der Waals surface area contributed by atoms with Crippen molar-refractivity contribution in [1.29, 1.82) is 0 Å². The van der Waals surface area contributed by atoms with Crippen molar-refractivity contribution < 1.29 is 24.4 Å². The summed E-state index contributed by atoms with van der Waals surface area (Å²) < 4.78 is 6.34. The summed E-state index contributed by atoms with van der Waals surface area (Å²) in [7, 11) is 6.24. The predicted molar refractivity (Wildman–Crippen MR) is 181 cm³/mol. The highest BCUT2D eigenvalue weighted by Gasteiger charge is 2.39. The Morgan fingerprint density at radius 2 is 1.85 bits per heavy atom. The molecule has 0 saturated carbocycles. The van der Waals surface area contributed by atoms with Crippen molar-refractivity contribution in [1.82, 2.24) is 0 Å². The zero-order valence-electron chi connectivity index (χ0n) is 28.5. The summed E-state index contributed by atoms with van der Waals surface area (Å²) in [6, 6.07) is 0. The van der Waals surface area contributed by atoms with Gasteiger partial charge in [0, 0.05) is 47.1 Å². The lowest BCUT2D eigenvalue weighted by atomic mass is 9.84. The highest BCUT2D eigenvalue weighted by atomic mass is 16.5. The van der Waals surface area contributed by atoms with E-state index in [0.717, 1.165) is 90.9 Å². The molecule has 46 heavy (non-hydrogen) atoms. The Bertz CT molecular complexity index is 1810. The second-order valence-corrected chi connectivity index (χ2v) is 14.1. The molecule has 0 spiro atoms. The normalized spacial score (nSPS) is 24.1. The zero-order chi connectivity index (χ0) is 33.1. The van der Waals surface area contributed by atoms with Gasteiger partial charge in [0.2, 0.25) is 0 Å². The number of carbonyl (C=O) groups excluding carboxylic acids is 1. The molecule has 0 amide bonds. The number of rotatable bonds is 8. The zero-order valence-corrected chi connectivity index (χ0v) is 28.5. The average molecular weight is 621 g/mol. The van der Waals surface area contributed by atoms with Gasteiger partial charge in [0.05, 0.1) is 55.4 Å². The fourth-order valence-corrected chi connectivity index (χ4v) is 7.23. The molecule has 1 aliphatic carbocycles. The Morgan fingerprint density at radius 1 is 1.09 bits per heavy atom. The maximum atomic E-state index is 13.6. The van der Waals surface area contributed by atoms with E-state index in [0.29, 0.717) is 18.6 Å². The molecule has 0 aromatic heterocycles. The Morgan fingerprint density at radius 3 is 2.54 bits per heavy atom.